The van der Waals surface area contributed by atoms with Crippen LogP contribution in [0.3, 0.4) is 0 Å². The molecule has 1 aliphatic rings. The summed E-state index contributed by atoms with van der Waals surface area (Å²) in [6, 6.07) is 5.58. The van der Waals surface area contributed by atoms with Gasteiger partial charge in [0.05, 0.1) is 0 Å². The number of halogens is 2. The van der Waals surface area contributed by atoms with Gasteiger partial charge in [-0.2, -0.15) is 0 Å². The molecule has 0 saturated carbocycles. The van der Waals surface area contributed by atoms with Crippen LogP contribution in [0.1, 0.15) is 18.0 Å². The summed E-state index contributed by atoms with van der Waals surface area (Å²) < 4.78 is 14.0. The van der Waals surface area contributed by atoms with E-state index >= 15 is 0 Å². The summed E-state index contributed by atoms with van der Waals surface area (Å²) in [6.45, 7) is 2.59. The van der Waals surface area contributed by atoms with Crippen molar-refractivity contribution in [2.75, 3.05) is 33.7 Å². The number of nitrogens with zero attached hydrogens (tertiary/aromatic N) is 2. The Hall–Kier alpha value is -0.490. The minimum atomic E-state index is -0.223. The maximum atomic E-state index is 13.2. The topological polar surface area (TPSA) is 32.5 Å². The normalized spacial score (nSPS) is 22.1. The zero-order valence-corrected chi connectivity index (χ0v) is 13.0. The van der Waals surface area contributed by atoms with Gasteiger partial charge < -0.3 is 10.6 Å². The number of hydrogen-bond acceptors (Lipinski definition) is 3. The van der Waals surface area contributed by atoms with E-state index in [2.05, 4.69) is 39.8 Å². The molecule has 19 heavy (non-hydrogen) atoms. The van der Waals surface area contributed by atoms with E-state index in [0.29, 0.717) is 12.6 Å². The molecule has 106 valence electrons. The van der Waals surface area contributed by atoms with Crippen molar-refractivity contribution in [2.45, 2.75) is 18.5 Å². The molecule has 2 unspecified atom stereocenters. The Balaban J connectivity index is 2.16. The minimum Gasteiger partial charge on any atom is -0.329 e. The highest BCUT2D eigenvalue weighted by Gasteiger charge is 2.30. The molecule has 3 nitrogen and oxygen atoms in total. The maximum absolute atomic E-state index is 13.2. The lowest BCUT2D eigenvalue weighted by Crippen LogP contribution is -2.36. The molecule has 2 N–H and O–H groups in total. The third kappa shape index (κ3) is 3.34. The monoisotopic (exact) mass is 329 g/mol. The summed E-state index contributed by atoms with van der Waals surface area (Å²) in [5.41, 5.74) is 7.02. The molecular formula is C14H21BrFN3. The third-order valence-electron chi connectivity index (χ3n) is 3.91. The first-order valence-electron chi connectivity index (χ1n) is 6.58. The molecule has 1 aromatic rings. The van der Waals surface area contributed by atoms with Gasteiger partial charge >= 0.3 is 0 Å². The molecule has 1 aliphatic heterocycles. The molecular weight excluding hydrogens is 309 g/mol. The van der Waals surface area contributed by atoms with Gasteiger partial charge in [-0.3, -0.25) is 4.90 Å². The first-order chi connectivity index (χ1) is 9.02. The second-order valence-electron chi connectivity index (χ2n) is 5.32. The summed E-state index contributed by atoms with van der Waals surface area (Å²) in [6.07, 6.45) is 1.16. The van der Waals surface area contributed by atoms with Crippen molar-refractivity contribution < 1.29 is 4.39 Å². The van der Waals surface area contributed by atoms with Gasteiger partial charge in [0, 0.05) is 36.2 Å². The Kier molecular flexibility index (Phi) is 4.95. The fourth-order valence-electron chi connectivity index (χ4n) is 2.72. The first kappa shape index (κ1) is 14.9. The fourth-order valence-corrected chi connectivity index (χ4v) is 3.33. The molecule has 1 fully saturated rings. The SMILES string of the molecule is CN(C)C1CCN(C(CN)c2ccc(F)cc2Br)C1. The molecule has 0 aromatic heterocycles. The van der Waals surface area contributed by atoms with Gasteiger partial charge in [0.1, 0.15) is 5.82 Å². The van der Waals surface area contributed by atoms with E-state index in [1.807, 2.05) is 6.07 Å². The second-order valence-corrected chi connectivity index (χ2v) is 6.17. The second kappa shape index (κ2) is 6.31. The summed E-state index contributed by atoms with van der Waals surface area (Å²) in [5.74, 6) is -0.223. The van der Waals surface area contributed by atoms with Gasteiger partial charge in [-0.05, 0) is 38.2 Å². The van der Waals surface area contributed by atoms with Crippen LogP contribution in [-0.4, -0.2) is 49.6 Å². The number of nitrogens with two attached hydrogens (primary N) is 1. The van der Waals surface area contributed by atoms with E-state index in [0.717, 1.165) is 29.5 Å². The predicted octanol–water partition coefficient (Wildman–Crippen LogP) is 2.22. The van der Waals surface area contributed by atoms with Crippen molar-refractivity contribution in [3.05, 3.63) is 34.1 Å². The lowest BCUT2D eigenvalue weighted by atomic mass is 10.1. The summed E-state index contributed by atoms with van der Waals surface area (Å²) in [7, 11) is 4.22. The van der Waals surface area contributed by atoms with E-state index in [1.165, 1.54) is 12.1 Å². The highest BCUT2D eigenvalue weighted by molar-refractivity contribution is 9.10. The lowest BCUT2D eigenvalue weighted by molar-refractivity contribution is 0.220. The zero-order chi connectivity index (χ0) is 14.0. The van der Waals surface area contributed by atoms with Crippen LogP contribution in [-0.2, 0) is 0 Å². The molecule has 0 amide bonds. The Morgan fingerprint density at radius 2 is 2.26 bits per heavy atom. The standard InChI is InChI=1S/C14H21BrFN3/c1-18(2)11-5-6-19(9-11)14(8-17)12-4-3-10(16)7-13(12)15/h3-4,7,11,14H,5-6,8-9,17H2,1-2H3. The number of benzene rings is 1. The molecule has 0 aliphatic carbocycles. The molecule has 2 rings (SSSR count). The van der Waals surface area contributed by atoms with Crippen LogP contribution in [0.4, 0.5) is 4.39 Å². The summed E-state index contributed by atoms with van der Waals surface area (Å²) in [4.78, 5) is 4.65. The van der Waals surface area contributed by atoms with Crippen molar-refractivity contribution in [1.29, 1.82) is 0 Å². The highest BCUT2D eigenvalue weighted by atomic mass is 79.9. The Morgan fingerprint density at radius 1 is 1.53 bits per heavy atom. The van der Waals surface area contributed by atoms with E-state index in [4.69, 9.17) is 5.73 Å². The fraction of sp³-hybridized carbons (Fsp3) is 0.571. The third-order valence-corrected chi connectivity index (χ3v) is 4.60. The van der Waals surface area contributed by atoms with Gasteiger partial charge in [0.25, 0.3) is 0 Å². The minimum absolute atomic E-state index is 0.153. The van der Waals surface area contributed by atoms with E-state index in [9.17, 15) is 4.39 Å². The van der Waals surface area contributed by atoms with E-state index < -0.39 is 0 Å². The van der Waals surface area contributed by atoms with Crippen molar-refractivity contribution >= 4 is 15.9 Å². The zero-order valence-electron chi connectivity index (χ0n) is 11.4. The molecule has 0 radical (unpaired) electrons. The van der Waals surface area contributed by atoms with Gasteiger partial charge in [-0.15, -0.1) is 0 Å². The average molecular weight is 330 g/mol. The average Bonchev–Trinajstić information content (AvgIpc) is 2.82. The number of likely N-dealkylation sites (N-methyl/N-ethyl adjacent to an activating group) is 1. The Labute approximate surface area is 122 Å². The van der Waals surface area contributed by atoms with Crippen LogP contribution >= 0.6 is 15.9 Å². The van der Waals surface area contributed by atoms with Crippen molar-refractivity contribution in [3.63, 3.8) is 0 Å². The van der Waals surface area contributed by atoms with E-state index in [-0.39, 0.29) is 11.9 Å². The molecule has 2 atom stereocenters. The molecule has 1 heterocycles. The number of rotatable bonds is 4. The van der Waals surface area contributed by atoms with Gasteiger partial charge in [-0.1, -0.05) is 22.0 Å². The molecule has 1 saturated heterocycles. The predicted molar refractivity (Wildman–Crippen MR) is 79.6 cm³/mol. The Morgan fingerprint density at radius 3 is 2.79 bits per heavy atom. The van der Waals surface area contributed by atoms with Crippen LogP contribution in [0.2, 0.25) is 0 Å². The molecule has 5 heteroatoms. The Bertz CT molecular complexity index is 439. The van der Waals surface area contributed by atoms with Crippen LogP contribution in [0.5, 0.6) is 0 Å². The van der Waals surface area contributed by atoms with E-state index in [1.54, 1.807) is 0 Å². The van der Waals surface area contributed by atoms with Crippen LogP contribution in [0, 0.1) is 5.82 Å². The summed E-state index contributed by atoms with van der Waals surface area (Å²) >= 11 is 3.45. The van der Waals surface area contributed by atoms with Crippen molar-refractivity contribution in [2.24, 2.45) is 5.73 Å². The maximum Gasteiger partial charge on any atom is 0.124 e. The van der Waals surface area contributed by atoms with Crippen molar-refractivity contribution in [1.82, 2.24) is 9.80 Å². The van der Waals surface area contributed by atoms with Gasteiger partial charge in [-0.25, -0.2) is 4.39 Å². The largest absolute Gasteiger partial charge is 0.329 e. The van der Waals surface area contributed by atoms with Crippen LogP contribution in [0.25, 0.3) is 0 Å². The molecule has 1 aromatic carbocycles. The van der Waals surface area contributed by atoms with Crippen LogP contribution < -0.4 is 5.73 Å². The first-order valence-corrected chi connectivity index (χ1v) is 7.37. The van der Waals surface area contributed by atoms with Gasteiger partial charge in [0.2, 0.25) is 0 Å². The highest BCUT2D eigenvalue weighted by Crippen LogP contribution is 2.31. The lowest BCUT2D eigenvalue weighted by Gasteiger charge is -2.28. The summed E-state index contributed by atoms with van der Waals surface area (Å²) in [5, 5.41) is 0. The molecule has 0 spiro atoms. The van der Waals surface area contributed by atoms with Crippen LogP contribution in [0.15, 0.2) is 22.7 Å². The smallest absolute Gasteiger partial charge is 0.124 e. The quantitative estimate of drug-likeness (QED) is 0.919. The van der Waals surface area contributed by atoms with Crippen molar-refractivity contribution in [3.8, 4) is 0 Å². The number of hydrogen-bond donors (Lipinski definition) is 1. The number of likely N-dealkylation sites (tertiary alicyclic amines) is 1. The van der Waals surface area contributed by atoms with Gasteiger partial charge in [0.15, 0.2) is 0 Å². The molecule has 0 bridgehead atoms.